The smallest absolute Gasteiger partial charge is 0.302 e. The zero-order valence-corrected chi connectivity index (χ0v) is 17.9. The Morgan fingerprint density at radius 2 is 0.769 bits per heavy atom. The highest BCUT2D eigenvalue weighted by molar-refractivity contribution is 5.65. The first kappa shape index (κ1) is 25.4. The van der Waals surface area contributed by atoms with Gasteiger partial charge >= 0.3 is 5.97 Å². The molecule has 0 rings (SSSR count). The van der Waals surface area contributed by atoms with Gasteiger partial charge in [-0.1, -0.05) is 103 Å². The number of carbonyl (C=O) groups excluding carboxylic acids is 1. The summed E-state index contributed by atoms with van der Waals surface area (Å²) in [5.74, 6) is -0.154. The molecule has 0 fully saturated rings. The minimum atomic E-state index is -0.154. The van der Waals surface area contributed by atoms with Gasteiger partial charge in [0.1, 0.15) is 0 Å². The van der Waals surface area contributed by atoms with Crippen molar-refractivity contribution in [1.29, 1.82) is 0 Å². The minimum Gasteiger partial charge on any atom is -0.466 e. The van der Waals surface area contributed by atoms with Gasteiger partial charge in [-0.15, -0.1) is 0 Å². The molecule has 156 valence electrons. The zero-order chi connectivity index (χ0) is 19.1. The molecule has 0 amide bonds. The lowest BCUT2D eigenvalue weighted by Gasteiger charge is -2.04. The van der Waals surface area contributed by atoms with E-state index in [9.17, 15) is 4.79 Å². The van der Waals surface area contributed by atoms with E-state index in [0.29, 0.717) is 6.61 Å². The first-order valence-electron chi connectivity index (χ1n) is 11.4. The molecule has 0 saturated carbocycles. The van der Waals surface area contributed by atoms with E-state index >= 15 is 0 Å². The van der Waals surface area contributed by atoms with Crippen molar-refractivity contribution in [3.8, 4) is 0 Å². The number of rotatable bonds is 21. The van der Waals surface area contributed by atoms with Crippen LogP contribution in [0.15, 0.2) is 0 Å². The fourth-order valence-corrected chi connectivity index (χ4v) is 3.39. The molecule has 0 spiro atoms. The number of ether oxygens (including phenoxy) is 2. The van der Waals surface area contributed by atoms with Gasteiger partial charge in [0.05, 0.1) is 6.61 Å². The molecule has 3 heteroatoms. The van der Waals surface area contributed by atoms with E-state index in [1.54, 1.807) is 7.11 Å². The molecular weight excluding hydrogens is 324 g/mol. The largest absolute Gasteiger partial charge is 0.466 e. The predicted octanol–water partition coefficient (Wildman–Crippen LogP) is 7.22. The Bertz CT molecular complexity index is 279. The van der Waals surface area contributed by atoms with Gasteiger partial charge in [-0.05, 0) is 12.8 Å². The van der Waals surface area contributed by atoms with E-state index in [4.69, 9.17) is 9.47 Å². The maximum Gasteiger partial charge on any atom is 0.302 e. The van der Waals surface area contributed by atoms with Crippen LogP contribution in [0.25, 0.3) is 0 Å². The number of hydrogen-bond donors (Lipinski definition) is 0. The van der Waals surface area contributed by atoms with E-state index in [0.717, 1.165) is 13.0 Å². The number of carbonyl (C=O) groups is 1. The molecule has 3 nitrogen and oxygen atoms in total. The third-order valence-electron chi connectivity index (χ3n) is 5.05. The Balaban J connectivity index is 2.98. The summed E-state index contributed by atoms with van der Waals surface area (Å²) in [5.41, 5.74) is 0. The van der Waals surface area contributed by atoms with E-state index in [2.05, 4.69) is 0 Å². The Labute approximate surface area is 163 Å². The summed E-state index contributed by atoms with van der Waals surface area (Å²) in [5, 5.41) is 0. The van der Waals surface area contributed by atoms with Crippen LogP contribution < -0.4 is 0 Å². The number of methoxy groups -OCH3 is 1. The molecule has 0 aromatic rings. The summed E-state index contributed by atoms with van der Waals surface area (Å²) in [6.07, 6.45) is 24.4. The summed E-state index contributed by atoms with van der Waals surface area (Å²) < 4.78 is 10.0. The van der Waals surface area contributed by atoms with Crippen LogP contribution in [0.5, 0.6) is 0 Å². The summed E-state index contributed by atoms with van der Waals surface area (Å²) >= 11 is 0. The molecule has 26 heavy (non-hydrogen) atoms. The van der Waals surface area contributed by atoms with Gasteiger partial charge in [-0.25, -0.2) is 0 Å². The molecule has 0 bridgehead atoms. The maximum atomic E-state index is 10.6. The highest BCUT2D eigenvalue weighted by Crippen LogP contribution is 2.14. The van der Waals surface area contributed by atoms with Gasteiger partial charge in [0.2, 0.25) is 0 Å². The number of unbranched alkanes of at least 4 members (excludes halogenated alkanes) is 17. The van der Waals surface area contributed by atoms with Gasteiger partial charge in [-0.3, -0.25) is 4.79 Å². The zero-order valence-electron chi connectivity index (χ0n) is 17.9. The van der Waals surface area contributed by atoms with Crippen molar-refractivity contribution in [3.05, 3.63) is 0 Å². The third-order valence-corrected chi connectivity index (χ3v) is 5.05. The van der Waals surface area contributed by atoms with Crippen LogP contribution in [-0.2, 0) is 14.3 Å². The van der Waals surface area contributed by atoms with E-state index < -0.39 is 0 Å². The van der Waals surface area contributed by atoms with Crippen molar-refractivity contribution in [2.24, 2.45) is 0 Å². The summed E-state index contributed by atoms with van der Waals surface area (Å²) in [4.78, 5) is 10.6. The normalized spacial score (nSPS) is 11.0. The second kappa shape index (κ2) is 22.5. The first-order chi connectivity index (χ1) is 12.8. The van der Waals surface area contributed by atoms with Crippen LogP contribution in [-0.4, -0.2) is 26.3 Å². The average Bonchev–Trinajstić information content (AvgIpc) is 2.62. The monoisotopic (exact) mass is 370 g/mol. The molecule has 0 saturated heterocycles. The highest BCUT2D eigenvalue weighted by Gasteiger charge is 1.96. The van der Waals surface area contributed by atoms with Crippen LogP contribution in [0, 0.1) is 0 Å². The lowest BCUT2D eigenvalue weighted by atomic mass is 10.0. The maximum absolute atomic E-state index is 10.6. The molecule has 0 radical (unpaired) electrons. The van der Waals surface area contributed by atoms with Crippen molar-refractivity contribution in [2.45, 2.75) is 122 Å². The van der Waals surface area contributed by atoms with Crippen molar-refractivity contribution in [3.63, 3.8) is 0 Å². The van der Waals surface area contributed by atoms with Crippen molar-refractivity contribution in [1.82, 2.24) is 0 Å². The quantitative estimate of drug-likeness (QED) is 0.158. The predicted molar refractivity (Wildman–Crippen MR) is 112 cm³/mol. The fraction of sp³-hybridized carbons (Fsp3) is 0.957. The van der Waals surface area contributed by atoms with Gasteiger partial charge in [0.25, 0.3) is 0 Å². The summed E-state index contributed by atoms with van der Waals surface area (Å²) in [6, 6.07) is 0. The second-order valence-corrected chi connectivity index (χ2v) is 7.70. The molecule has 0 aliphatic heterocycles. The molecule has 0 aliphatic rings. The summed E-state index contributed by atoms with van der Waals surface area (Å²) in [7, 11) is 1.79. The van der Waals surface area contributed by atoms with Crippen molar-refractivity contribution in [2.75, 3.05) is 20.3 Å². The van der Waals surface area contributed by atoms with Crippen LogP contribution in [0.2, 0.25) is 0 Å². The molecule has 0 aliphatic carbocycles. The lowest BCUT2D eigenvalue weighted by molar-refractivity contribution is -0.141. The average molecular weight is 371 g/mol. The molecule has 0 atom stereocenters. The number of esters is 1. The van der Waals surface area contributed by atoms with Crippen molar-refractivity contribution < 1.29 is 14.3 Å². The standard InChI is InChI=1S/C23H46O3/c1-23(24)26-22-20-18-16-14-12-10-8-6-4-3-5-7-9-11-13-15-17-19-21-25-2/h3-22H2,1-2H3. The third kappa shape index (κ3) is 23.4. The molecule has 0 unspecified atom stereocenters. The van der Waals surface area contributed by atoms with E-state index in [-0.39, 0.29) is 5.97 Å². The Morgan fingerprint density at radius 1 is 0.500 bits per heavy atom. The molecule has 0 heterocycles. The molecular formula is C23H46O3. The Kier molecular flexibility index (Phi) is 22.0. The van der Waals surface area contributed by atoms with E-state index in [1.807, 2.05) is 0 Å². The molecule has 0 aromatic heterocycles. The van der Waals surface area contributed by atoms with E-state index in [1.165, 1.54) is 116 Å². The Hall–Kier alpha value is -0.570. The van der Waals surface area contributed by atoms with Crippen LogP contribution in [0.4, 0.5) is 0 Å². The van der Waals surface area contributed by atoms with Gasteiger partial charge in [0.15, 0.2) is 0 Å². The topological polar surface area (TPSA) is 35.5 Å². The van der Waals surface area contributed by atoms with Crippen molar-refractivity contribution >= 4 is 5.97 Å². The van der Waals surface area contributed by atoms with Gasteiger partial charge < -0.3 is 9.47 Å². The SMILES string of the molecule is COCCCCCCCCCCCCCCCCCCCCOC(C)=O. The highest BCUT2D eigenvalue weighted by atomic mass is 16.5. The lowest BCUT2D eigenvalue weighted by Crippen LogP contribution is -2.00. The van der Waals surface area contributed by atoms with Gasteiger partial charge in [0, 0.05) is 20.6 Å². The second-order valence-electron chi connectivity index (χ2n) is 7.70. The van der Waals surface area contributed by atoms with Crippen LogP contribution in [0.3, 0.4) is 0 Å². The molecule has 0 N–H and O–H groups in total. The Morgan fingerprint density at radius 3 is 1.04 bits per heavy atom. The number of hydrogen-bond acceptors (Lipinski definition) is 3. The van der Waals surface area contributed by atoms with Crippen LogP contribution in [0.1, 0.15) is 122 Å². The molecule has 0 aromatic carbocycles. The fourth-order valence-electron chi connectivity index (χ4n) is 3.39. The first-order valence-corrected chi connectivity index (χ1v) is 11.4. The van der Waals surface area contributed by atoms with Crippen LogP contribution >= 0.6 is 0 Å². The minimum absolute atomic E-state index is 0.154. The summed E-state index contributed by atoms with van der Waals surface area (Å²) in [6.45, 7) is 3.01. The van der Waals surface area contributed by atoms with Gasteiger partial charge in [-0.2, -0.15) is 0 Å².